The molecule has 0 radical (unpaired) electrons. The highest BCUT2D eigenvalue weighted by molar-refractivity contribution is 8.18. The molecule has 2 fully saturated rings. The number of anilines is 1. The summed E-state index contributed by atoms with van der Waals surface area (Å²) in [7, 11) is 0. The van der Waals surface area contributed by atoms with Crippen molar-refractivity contribution < 1.29 is 18.7 Å². The van der Waals surface area contributed by atoms with Gasteiger partial charge in [-0.1, -0.05) is 0 Å². The molecular weight excluding hydrogens is 304 g/mol. The van der Waals surface area contributed by atoms with Gasteiger partial charge in [0, 0.05) is 31.3 Å². The smallest absolute Gasteiger partial charge is 0.293 e. The summed E-state index contributed by atoms with van der Waals surface area (Å²) in [5.41, 5.74) is 0. The van der Waals surface area contributed by atoms with Gasteiger partial charge in [0.05, 0.1) is 18.1 Å². The van der Waals surface area contributed by atoms with Crippen LogP contribution in [0.5, 0.6) is 0 Å². The minimum absolute atomic E-state index is 0.140. The summed E-state index contributed by atoms with van der Waals surface area (Å²) in [4.78, 5) is 27.8. The maximum atomic E-state index is 12.2. The Morgan fingerprint density at radius 1 is 1.23 bits per heavy atom. The molecule has 2 aliphatic heterocycles. The third-order valence-electron chi connectivity index (χ3n) is 3.55. The van der Waals surface area contributed by atoms with E-state index in [1.165, 1.54) is 4.90 Å². The van der Waals surface area contributed by atoms with Crippen LogP contribution in [0.2, 0.25) is 0 Å². The van der Waals surface area contributed by atoms with E-state index in [1.54, 1.807) is 6.08 Å². The zero-order chi connectivity index (χ0) is 15.7. The van der Waals surface area contributed by atoms with E-state index in [2.05, 4.69) is 4.90 Å². The van der Waals surface area contributed by atoms with E-state index in [0.717, 1.165) is 30.7 Å². The Hall–Kier alpha value is -1.73. The molecule has 0 bridgehead atoms. The van der Waals surface area contributed by atoms with Crippen molar-refractivity contribution in [2.75, 3.05) is 31.2 Å². The van der Waals surface area contributed by atoms with Gasteiger partial charge in [0.1, 0.15) is 5.76 Å². The molecule has 0 aromatic carbocycles. The van der Waals surface area contributed by atoms with Gasteiger partial charge in [-0.3, -0.25) is 14.5 Å². The van der Waals surface area contributed by atoms with Gasteiger partial charge in [0.25, 0.3) is 11.1 Å². The van der Waals surface area contributed by atoms with Crippen molar-refractivity contribution in [1.82, 2.24) is 4.90 Å². The number of thioether (sulfide) groups is 1. The van der Waals surface area contributed by atoms with Crippen molar-refractivity contribution in [3.8, 4) is 0 Å². The molecule has 2 aliphatic rings. The summed E-state index contributed by atoms with van der Waals surface area (Å²) in [6.45, 7) is 6.59. The molecule has 0 aliphatic carbocycles. The van der Waals surface area contributed by atoms with Crippen LogP contribution in [-0.4, -0.2) is 48.4 Å². The summed E-state index contributed by atoms with van der Waals surface area (Å²) < 4.78 is 11.1. The van der Waals surface area contributed by atoms with Gasteiger partial charge in [-0.05, 0) is 31.7 Å². The van der Waals surface area contributed by atoms with E-state index < -0.39 is 0 Å². The van der Waals surface area contributed by atoms with Crippen LogP contribution in [0.25, 0.3) is 6.08 Å². The van der Waals surface area contributed by atoms with E-state index in [4.69, 9.17) is 9.15 Å². The van der Waals surface area contributed by atoms with Gasteiger partial charge in [-0.2, -0.15) is 0 Å². The Labute approximate surface area is 133 Å². The molecule has 0 atom stereocenters. The fraction of sp³-hybridized carbons (Fsp3) is 0.467. The van der Waals surface area contributed by atoms with Gasteiger partial charge in [-0.15, -0.1) is 0 Å². The number of ether oxygens (including phenoxy) is 1. The summed E-state index contributed by atoms with van der Waals surface area (Å²) in [6, 6.07) is 3.55. The lowest BCUT2D eigenvalue weighted by molar-refractivity contribution is -0.123. The lowest BCUT2D eigenvalue weighted by Crippen LogP contribution is -2.35. The molecule has 22 heavy (non-hydrogen) atoms. The van der Waals surface area contributed by atoms with Gasteiger partial charge in [0.2, 0.25) is 0 Å². The molecule has 7 heteroatoms. The van der Waals surface area contributed by atoms with Gasteiger partial charge < -0.3 is 14.1 Å². The Balaban J connectivity index is 1.77. The zero-order valence-electron chi connectivity index (χ0n) is 12.6. The summed E-state index contributed by atoms with van der Waals surface area (Å²) in [5.74, 6) is 1.09. The first-order valence-corrected chi connectivity index (χ1v) is 8.07. The fourth-order valence-corrected chi connectivity index (χ4v) is 3.37. The molecule has 0 spiro atoms. The maximum Gasteiger partial charge on any atom is 0.293 e. The Kier molecular flexibility index (Phi) is 4.26. The fourth-order valence-electron chi connectivity index (χ4n) is 2.43. The van der Waals surface area contributed by atoms with E-state index in [9.17, 15) is 9.59 Å². The number of nitrogens with zero attached hydrogens (tertiary/aromatic N) is 2. The van der Waals surface area contributed by atoms with Crippen molar-refractivity contribution in [3.05, 3.63) is 22.8 Å². The standard InChI is InChI=1S/C15H18N2O4S/c1-10(2)17-14(18)12(22-15(17)19)9-11-3-4-13(21-11)16-5-7-20-8-6-16/h3-4,9-10H,5-8H2,1-2H3/b12-9+. The lowest BCUT2D eigenvalue weighted by Gasteiger charge is -2.26. The first kappa shape index (κ1) is 15.2. The highest BCUT2D eigenvalue weighted by atomic mass is 32.2. The molecule has 2 amide bonds. The largest absolute Gasteiger partial charge is 0.441 e. The normalized spacial score (nSPS) is 21.5. The first-order valence-electron chi connectivity index (χ1n) is 7.26. The predicted octanol–water partition coefficient (Wildman–Crippen LogP) is 2.56. The van der Waals surface area contributed by atoms with Crippen LogP contribution >= 0.6 is 11.8 Å². The molecule has 1 aromatic heterocycles. The Bertz CT molecular complexity index is 617. The number of hydrogen-bond acceptors (Lipinski definition) is 6. The molecule has 3 rings (SSSR count). The number of furan rings is 1. The highest BCUT2D eigenvalue weighted by Crippen LogP contribution is 2.34. The number of carbonyl (C=O) groups is 2. The number of rotatable bonds is 3. The van der Waals surface area contributed by atoms with Crippen molar-refractivity contribution in [1.29, 1.82) is 0 Å². The third kappa shape index (κ3) is 2.91. The van der Waals surface area contributed by atoms with Gasteiger partial charge >= 0.3 is 0 Å². The average Bonchev–Trinajstić information content (AvgIpc) is 3.06. The number of imide groups is 1. The second-order valence-corrected chi connectivity index (χ2v) is 6.41. The molecule has 0 saturated carbocycles. The molecule has 118 valence electrons. The average molecular weight is 322 g/mol. The van der Waals surface area contributed by atoms with E-state index in [1.807, 2.05) is 26.0 Å². The van der Waals surface area contributed by atoms with E-state index >= 15 is 0 Å². The second kappa shape index (κ2) is 6.18. The van der Waals surface area contributed by atoms with Crippen molar-refractivity contribution in [2.45, 2.75) is 19.9 Å². The highest BCUT2D eigenvalue weighted by Gasteiger charge is 2.36. The second-order valence-electron chi connectivity index (χ2n) is 5.42. The van der Waals surface area contributed by atoms with Crippen LogP contribution in [0.1, 0.15) is 19.6 Å². The van der Waals surface area contributed by atoms with Crippen LogP contribution in [0, 0.1) is 0 Å². The predicted molar refractivity (Wildman–Crippen MR) is 84.7 cm³/mol. The van der Waals surface area contributed by atoms with Crippen LogP contribution < -0.4 is 4.90 Å². The monoisotopic (exact) mass is 322 g/mol. The van der Waals surface area contributed by atoms with Crippen LogP contribution in [0.4, 0.5) is 10.7 Å². The molecule has 3 heterocycles. The van der Waals surface area contributed by atoms with Crippen molar-refractivity contribution in [3.63, 3.8) is 0 Å². The summed E-state index contributed by atoms with van der Waals surface area (Å²) in [5, 5.41) is -0.230. The van der Waals surface area contributed by atoms with Crippen LogP contribution in [-0.2, 0) is 9.53 Å². The first-order chi connectivity index (χ1) is 10.6. The van der Waals surface area contributed by atoms with Crippen molar-refractivity contribution >= 4 is 34.9 Å². The molecule has 0 N–H and O–H groups in total. The minimum atomic E-state index is -0.255. The number of amides is 2. The lowest BCUT2D eigenvalue weighted by atomic mass is 10.3. The molecule has 1 aromatic rings. The summed E-state index contributed by atoms with van der Waals surface area (Å²) >= 11 is 0.955. The zero-order valence-corrected chi connectivity index (χ0v) is 13.4. The molecule has 0 unspecified atom stereocenters. The minimum Gasteiger partial charge on any atom is -0.441 e. The molecular formula is C15H18N2O4S. The van der Waals surface area contributed by atoms with E-state index in [-0.39, 0.29) is 17.2 Å². The topological polar surface area (TPSA) is 63.0 Å². The van der Waals surface area contributed by atoms with Crippen LogP contribution in [0.15, 0.2) is 21.5 Å². The van der Waals surface area contributed by atoms with Crippen LogP contribution in [0.3, 0.4) is 0 Å². The SMILES string of the molecule is CC(C)N1C(=O)S/C(=C/c2ccc(N3CCOCC3)o2)C1=O. The molecule has 6 nitrogen and oxygen atoms in total. The third-order valence-corrected chi connectivity index (χ3v) is 4.43. The maximum absolute atomic E-state index is 12.2. The quantitative estimate of drug-likeness (QED) is 0.797. The summed E-state index contributed by atoms with van der Waals surface area (Å²) in [6.07, 6.45) is 1.64. The molecule has 2 saturated heterocycles. The number of morpholine rings is 1. The Morgan fingerprint density at radius 2 is 1.95 bits per heavy atom. The van der Waals surface area contributed by atoms with Gasteiger partial charge in [-0.25, -0.2) is 0 Å². The van der Waals surface area contributed by atoms with Gasteiger partial charge in [0.15, 0.2) is 5.88 Å². The number of hydrogen-bond donors (Lipinski definition) is 0. The van der Waals surface area contributed by atoms with E-state index in [0.29, 0.717) is 23.9 Å². The Morgan fingerprint density at radius 3 is 2.59 bits per heavy atom. The van der Waals surface area contributed by atoms with Crippen molar-refractivity contribution in [2.24, 2.45) is 0 Å². The number of carbonyl (C=O) groups excluding carboxylic acids is 2.